The zero-order valence-electron chi connectivity index (χ0n) is 11.3. The summed E-state index contributed by atoms with van der Waals surface area (Å²) in [6, 6.07) is 0.699. The Morgan fingerprint density at radius 2 is 2.06 bits per heavy atom. The van der Waals surface area contributed by atoms with Crippen LogP contribution in [0.4, 0.5) is 0 Å². The summed E-state index contributed by atoms with van der Waals surface area (Å²) in [6.07, 6.45) is 7.71. The fourth-order valence-electron chi connectivity index (χ4n) is 2.87. The third kappa shape index (κ3) is 4.06. The average Bonchev–Trinajstić information content (AvgIpc) is 2.45. The Balaban J connectivity index is 2.54. The van der Waals surface area contributed by atoms with E-state index in [1.54, 1.807) is 0 Å². The molecule has 0 radical (unpaired) electrons. The van der Waals surface area contributed by atoms with Gasteiger partial charge in [-0.1, -0.05) is 33.1 Å². The summed E-state index contributed by atoms with van der Waals surface area (Å²) in [6.45, 7) is 9.39. The SMILES string of the molecule is CCCC(C)(CO)CN1CCCCCC1C. The second kappa shape index (κ2) is 6.61. The summed E-state index contributed by atoms with van der Waals surface area (Å²) in [5, 5.41) is 9.58. The molecule has 0 bridgehead atoms. The van der Waals surface area contributed by atoms with Crippen molar-refractivity contribution in [3.8, 4) is 0 Å². The summed E-state index contributed by atoms with van der Waals surface area (Å²) < 4.78 is 0. The van der Waals surface area contributed by atoms with Crippen LogP contribution in [0.15, 0.2) is 0 Å². The second-order valence-corrected chi connectivity index (χ2v) is 5.89. The van der Waals surface area contributed by atoms with Crippen molar-refractivity contribution in [2.24, 2.45) is 5.41 Å². The first-order valence-electron chi connectivity index (χ1n) is 6.96. The third-order valence-electron chi connectivity index (χ3n) is 4.01. The van der Waals surface area contributed by atoms with Gasteiger partial charge in [-0.25, -0.2) is 0 Å². The van der Waals surface area contributed by atoms with E-state index in [9.17, 15) is 5.11 Å². The lowest BCUT2D eigenvalue weighted by atomic mass is 9.85. The van der Waals surface area contributed by atoms with Crippen LogP contribution in [0.5, 0.6) is 0 Å². The molecule has 0 spiro atoms. The first-order valence-corrected chi connectivity index (χ1v) is 6.96. The lowest BCUT2D eigenvalue weighted by Crippen LogP contribution is -2.42. The molecule has 96 valence electrons. The van der Waals surface area contributed by atoms with E-state index in [1.807, 2.05) is 0 Å². The van der Waals surface area contributed by atoms with Crippen molar-refractivity contribution in [2.45, 2.75) is 65.3 Å². The number of hydrogen-bond acceptors (Lipinski definition) is 2. The van der Waals surface area contributed by atoms with E-state index >= 15 is 0 Å². The van der Waals surface area contributed by atoms with E-state index in [1.165, 1.54) is 38.6 Å². The fraction of sp³-hybridized carbons (Fsp3) is 1.00. The minimum absolute atomic E-state index is 0.105. The van der Waals surface area contributed by atoms with Gasteiger partial charge in [0.25, 0.3) is 0 Å². The highest BCUT2D eigenvalue weighted by Gasteiger charge is 2.28. The molecule has 2 unspecified atom stereocenters. The van der Waals surface area contributed by atoms with E-state index in [2.05, 4.69) is 25.7 Å². The summed E-state index contributed by atoms with van der Waals surface area (Å²) >= 11 is 0. The van der Waals surface area contributed by atoms with Gasteiger partial charge >= 0.3 is 0 Å². The van der Waals surface area contributed by atoms with Crippen molar-refractivity contribution in [3.63, 3.8) is 0 Å². The quantitative estimate of drug-likeness (QED) is 0.780. The van der Waals surface area contributed by atoms with Crippen molar-refractivity contribution < 1.29 is 5.11 Å². The van der Waals surface area contributed by atoms with Crippen LogP contribution in [-0.2, 0) is 0 Å². The van der Waals surface area contributed by atoms with Crippen LogP contribution < -0.4 is 0 Å². The van der Waals surface area contributed by atoms with Crippen LogP contribution in [0.25, 0.3) is 0 Å². The Kier molecular flexibility index (Phi) is 5.77. The Morgan fingerprint density at radius 3 is 2.69 bits per heavy atom. The molecule has 0 aromatic rings. The lowest BCUT2D eigenvalue weighted by Gasteiger charge is -2.36. The van der Waals surface area contributed by atoms with Gasteiger partial charge in [0.1, 0.15) is 0 Å². The second-order valence-electron chi connectivity index (χ2n) is 5.89. The molecule has 1 saturated heterocycles. The maximum absolute atomic E-state index is 9.58. The molecule has 1 rings (SSSR count). The Morgan fingerprint density at radius 1 is 1.31 bits per heavy atom. The lowest BCUT2D eigenvalue weighted by molar-refractivity contribution is 0.0639. The zero-order valence-corrected chi connectivity index (χ0v) is 11.3. The van der Waals surface area contributed by atoms with E-state index in [4.69, 9.17) is 0 Å². The fourth-order valence-corrected chi connectivity index (χ4v) is 2.87. The minimum Gasteiger partial charge on any atom is -0.396 e. The van der Waals surface area contributed by atoms with Crippen LogP contribution in [0, 0.1) is 5.41 Å². The number of likely N-dealkylation sites (tertiary alicyclic amines) is 1. The minimum atomic E-state index is 0.105. The molecule has 16 heavy (non-hydrogen) atoms. The molecule has 1 aliphatic heterocycles. The Labute approximate surface area is 101 Å². The molecule has 0 amide bonds. The average molecular weight is 227 g/mol. The van der Waals surface area contributed by atoms with Gasteiger partial charge in [-0.05, 0) is 32.7 Å². The van der Waals surface area contributed by atoms with Crippen molar-refractivity contribution in [2.75, 3.05) is 19.7 Å². The first-order chi connectivity index (χ1) is 7.61. The van der Waals surface area contributed by atoms with Crippen molar-refractivity contribution in [3.05, 3.63) is 0 Å². The molecule has 1 N–H and O–H groups in total. The molecular weight excluding hydrogens is 198 g/mol. The van der Waals surface area contributed by atoms with Crippen LogP contribution in [-0.4, -0.2) is 35.7 Å². The number of rotatable bonds is 5. The number of aliphatic hydroxyl groups excluding tert-OH is 1. The maximum atomic E-state index is 9.58. The number of aliphatic hydroxyl groups is 1. The number of nitrogens with zero attached hydrogens (tertiary/aromatic N) is 1. The molecule has 1 aliphatic rings. The van der Waals surface area contributed by atoms with Crippen LogP contribution >= 0.6 is 0 Å². The zero-order chi connectivity index (χ0) is 12.0. The number of hydrogen-bond donors (Lipinski definition) is 1. The van der Waals surface area contributed by atoms with Gasteiger partial charge in [0.2, 0.25) is 0 Å². The van der Waals surface area contributed by atoms with Gasteiger partial charge in [-0.3, -0.25) is 0 Å². The molecule has 0 aromatic carbocycles. The monoisotopic (exact) mass is 227 g/mol. The summed E-state index contributed by atoms with van der Waals surface area (Å²) in [5.41, 5.74) is 0.105. The summed E-state index contributed by atoms with van der Waals surface area (Å²) in [7, 11) is 0. The van der Waals surface area contributed by atoms with E-state index < -0.39 is 0 Å². The van der Waals surface area contributed by atoms with Gasteiger partial charge in [0.05, 0.1) is 0 Å². The van der Waals surface area contributed by atoms with Gasteiger partial charge in [-0.15, -0.1) is 0 Å². The van der Waals surface area contributed by atoms with Crippen LogP contribution in [0.2, 0.25) is 0 Å². The van der Waals surface area contributed by atoms with Crippen molar-refractivity contribution in [1.82, 2.24) is 4.90 Å². The van der Waals surface area contributed by atoms with Gasteiger partial charge in [0, 0.05) is 24.6 Å². The summed E-state index contributed by atoms with van der Waals surface area (Å²) in [4.78, 5) is 2.60. The largest absolute Gasteiger partial charge is 0.396 e. The molecule has 0 saturated carbocycles. The van der Waals surface area contributed by atoms with E-state index in [-0.39, 0.29) is 5.41 Å². The molecule has 0 aliphatic carbocycles. The predicted octanol–water partition coefficient (Wildman–Crippen LogP) is 3.05. The summed E-state index contributed by atoms with van der Waals surface area (Å²) in [5.74, 6) is 0. The van der Waals surface area contributed by atoms with Gasteiger partial charge in [0.15, 0.2) is 0 Å². The molecule has 2 atom stereocenters. The Bertz CT molecular complexity index is 195. The highest BCUT2D eigenvalue weighted by Crippen LogP contribution is 2.27. The van der Waals surface area contributed by atoms with E-state index in [0.29, 0.717) is 12.6 Å². The standard InChI is InChI=1S/C14H29NO/c1-4-9-14(3,12-16)11-15-10-7-5-6-8-13(15)2/h13,16H,4-12H2,1-3H3. The molecule has 0 aromatic heterocycles. The molecule has 2 heteroatoms. The third-order valence-corrected chi connectivity index (χ3v) is 4.01. The van der Waals surface area contributed by atoms with Crippen molar-refractivity contribution >= 4 is 0 Å². The molecule has 1 heterocycles. The maximum Gasteiger partial charge on any atom is 0.0497 e. The molecular formula is C14H29NO. The highest BCUT2D eigenvalue weighted by atomic mass is 16.3. The normalized spacial score (nSPS) is 27.4. The topological polar surface area (TPSA) is 23.5 Å². The highest BCUT2D eigenvalue weighted by molar-refractivity contribution is 4.81. The first kappa shape index (κ1) is 14.0. The van der Waals surface area contributed by atoms with Crippen LogP contribution in [0.3, 0.4) is 0 Å². The Hall–Kier alpha value is -0.0800. The van der Waals surface area contributed by atoms with Crippen LogP contribution in [0.1, 0.15) is 59.3 Å². The van der Waals surface area contributed by atoms with Gasteiger partial charge in [-0.2, -0.15) is 0 Å². The van der Waals surface area contributed by atoms with Crippen molar-refractivity contribution in [1.29, 1.82) is 0 Å². The smallest absolute Gasteiger partial charge is 0.0497 e. The molecule has 1 fully saturated rings. The van der Waals surface area contributed by atoms with Gasteiger partial charge < -0.3 is 10.0 Å². The predicted molar refractivity (Wildman–Crippen MR) is 69.6 cm³/mol. The van der Waals surface area contributed by atoms with E-state index in [0.717, 1.165) is 13.0 Å². The molecule has 2 nitrogen and oxygen atoms in total.